The van der Waals surface area contributed by atoms with Gasteiger partial charge in [-0.15, -0.1) is 0 Å². The summed E-state index contributed by atoms with van der Waals surface area (Å²) in [6.45, 7) is -0.0231. The molecule has 2 rings (SSSR count). The zero-order chi connectivity index (χ0) is 14.5. The molecule has 0 aromatic heterocycles. The second-order valence-electron chi connectivity index (χ2n) is 4.98. The van der Waals surface area contributed by atoms with Crippen LogP contribution >= 0.6 is 0 Å². The van der Waals surface area contributed by atoms with Gasteiger partial charge in [-0.05, 0) is 25.0 Å². The molecule has 1 aromatic carbocycles. The molecule has 0 unspecified atom stereocenters. The van der Waals surface area contributed by atoms with Gasteiger partial charge in [0.05, 0.1) is 0 Å². The van der Waals surface area contributed by atoms with Crippen LogP contribution in [0.5, 0.6) is 5.75 Å². The maximum atomic E-state index is 11.6. The molecule has 1 fully saturated rings. The molecular weight excluding hydrogens is 258 g/mol. The predicted octanol–water partition coefficient (Wildman–Crippen LogP) is 1.44. The fourth-order valence-electron chi connectivity index (χ4n) is 1.52. The highest BCUT2D eigenvalue weighted by atomic mass is 16.5. The summed E-state index contributed by atoms with van der Waals surface area (Å²) in [6, 6.07) is 7.07. The van der Waals surface area contributed by atoms with Gasteiger partial charge in [0.25, 0.3) is 5.91 Å². The van der Waals surface area contributed by atoms with Gasteiger partial charge in [-0.1, -0.05) is 6.07 Å². The predicted molar refractivity (Wildman–Crippen MR) is 75.8 cm³/mol. The molecule has 0 aliphatic heterocycles. The third-order valence-electron chi connectivity index (χ3n) is 2.87. The number of ether oxygens (including phenoxy) is 1. The van der Waals surface area contributed by atoms with Crippen molar-refractivity contribution in [3.8, 4) is 5.75 Å². The maximum absolute atomic E-state index is 11.6. The standard InChI is InChI=1S/C14H19N3O3/c1-17(2)13(18)9-20-12-5-3-4-11(8-12)16-14(19)15-10-6-7-10/h3-5,8,10H,6-7,9H2,1-2H3,(H2,15,16,19). The maximum Gasteiger partial charge on any atom is 0.319 e. The highest BCUT2D eigenvalue weighted by Crippen LogP contribution is 2.20. The summed E-state index contributed by atoms with van der Waals surface area (Å²) >= 11 is 0. The molecule has 0 atom stereocenters. The second kappa shape index (κ2) is 6.27. The van der Waals surface area contributed by atoms with Crippen LogP contribution in [0.2, 0.25) is 0 Å². The quantitative estimate of drug-likeness (QED) is 0.855. The summed E-state index contributed by atoms with van der Waals surface area (Å²) in [5.41, 5.74) is 0.637. The summed E-state index contributed by atoms with van der Waals surface area (Å²) in [4.78, 5) is 24.5. The number of benzene rings is 1. The minimum atomic E-state index is -0.214. The monoisotopic (exact) mass is 277 g/mol. The van der Waals surface area contributed by atoms with Crippen LogP contribution in [0.3, 0.4) is 0 Å². The lowest BCUT2D eigenvalue weighted by atomic mass is 10.3. The molecule has 20 heavy (non-hydrogen) atoms. The summed E-state index contributed by atoms with van der Waals surface area (Å²) in [5.74, 6) is 0.430. The molecular formula is C14H19N3O3. The summed E-state index contributed by atoms with van der Waals surface area (Å²) in [6.07, 6.45) is 2.09. The van der Waals surface area contributed by atoms with Crippen LogP contribution in [-0.2, 0) is 4.79 Å². The zero-order valence-corrected chi connectivity index (χ0v) is 11.7. The van der Waals surface area contributed by atoms with Gasteiger partial charge in [0.1, 0.15) is 5.75 Å². The third kappa shape index (κ3) is 4.46. The van der Waals surface area contributed by atoms with Crippen molar-refractivity contribution in [1.29, 1.82) is 0 Å². The molecule has 1 aliphatic carbocycles. The SMILES string of the molecule is CN(C)C(=O)COc1cccc(NC(=O)NC2CC2)c1. The van der Waals surface area contributed by atoms with Crippen molar-refractivity contribution in [1.82, 2.24) is 10.2 Å². The van der Waals surface area contributed by atoms with Crippen LogP contribution in [0.1, 0.15) is 12.8 Å². The number of carbonyl (C=O) groups excluding carboxylic acids is 2. The number of hydrogen-bond donors (Lipinski definition) is 2. The van der Waals surface area contributed by atoms with E-state index in [9.17, 15) is 9.59 Å². The Balaban J connectivity index is 1.86. The number of nitrogens with zero attached hydrogens (tertiary/aromatic N) is 1. The second-order valence-corrected chi connectivity index (χ2v) is 4.98. The Bertz CT molecular complexity index is 498. The van der Waals surface area contributed by atoms with E-state index in [1.54, 1.807) is 38.4 Å². The zero-order valence-electron chi connectivity index (χ0n) is 11.7. The van der Waals surface area contributed by atoms with Crippen molar-refractivity contribution >= 4 is 17.6 Å². The average Bonchev–Trinajstić information content (AvgIpc) is 3.20. The van der Waals surface area contributed by atoms with Gasteiger partial charge in [0.2, 0.25) is 0 Å². The molecule has 1 aromatic rings. The molecule has 6 heteroatoms. The lowest BCUT2D eigenvalue weighted by Gasteiger charge is -2.12. The molecule has 0 radical (unpaired) electrons. The van der Waals surface area contributed by atoms with Gasteiger partial charge in [0, 0.05) is 31.9 Å². The summed E-state index contributed by atoms with van der Waals surface area (Å²) in [7, 11) is 3.35. The first-order chi connectivity index (χ1) is 9.54. The normalized spacial score (nSPS) is 13.5. The molecule has 0 heterocycles. The Kier molecular flexibility index (Phi) is 4.45. The molecule has 0 spiro atoms. The van der Waals surface area contributed by atoms with Crippen molar-refractivity contribution in [3.05, 3.63) is 24.3 Å². The van der Waals surface area contributed by atoms with Crippen molar-refractivity contribution in [2.75, 3.05) is 26.0 Å². The van der Waals surface area contributed by atoms with Crippen LogP contribution in [0.25, 0.3) is 0 Å². The third-order valence-corrected chi connectivity index (χ3v) is 2.87. The van der Waals surface area contributed by atoms with E-state index in [0.717, 1.165) is 12.8 Å². The molecule has 108 valence electrons. The van der Waals surface area contributed by atoms with Crippen LogP contribution in [0, 0.1) is 0 Å². The highest BCUT2D eigenvalue weighted by molar-refractivity contribution is 5.89. The minimum absolute atomic E-state index is 0.0231. The van der Waals surface area contributed by atoms with E-state index < -0.39 is 0 Å². The summed E-state index contributed by atoms with van der Waals surface area (Å²) < 4.78 is 5.38. The number of anilines is 1. The van der Waals surface area contributed by atoms with Gasteiger partial charge < -0.3 is 20.3 Å². The van der Waals surface area contributed by atoms with E-state index in [-0.39, 0.29) is 18.5 Å². The molecule has 6 nitrogen and oxygen atoms in total. The molecule has 0 saturated heterocycles. The topological polar surface area (TPSA) is 70.7 Å². The number of likely N-dealkylation sites (N-methyl/N-ethyl adjacent to an activating group) is 1. The fourth-order valence-corrected chi connectivity index (χ4v) is 1.52. The van der Waals surface area contributed by atoms with Gasteiger partial charge in [-0.25, -0.2) is 4.79 Å². The lowest BCUT2D eigenvalue weighted by molar-refractivity contribution is -0.130. The number of carbonyl (C=O) groups is 2. The van der Waals surface area contributed by atoms with Gasteiger partial charge in [-0.2, -0.15) is 0 Å². The van der Waals surface area contributed by atoms with Crippen LogP contribution in [0.4, 0.5) is 10.5 Å². The van der Waals surface area contributed by atoms with Crippen molar-refractivity contribution in [2.45, 2.75) is 18.9 Å². The number of amides is 3. The van der Waals surface area contributed by atoms with E-state index in [4.69, 9.17) is 4.74 Å². The smallest absolute Gasteiger partial charge is 0.319 e. The van der Waals surface area contributed by atoms with Gasteiger partial charge in [0.15, 0.2) is 6.61 Å². The molecule has 2 N–H and O–H groups in total. The summed E-state index contributed by atoms with van der Waals surface area (Å²) in [5, 5.41) is 5.57. The van der Waals surface area contributed by atoms with Crippen LogP contribution < -0.4 is 15.4 Å². The van der Waals surface area contributed by atoms with Crippen molar-refractivity contribution in [3.63, 3.8) is 0 Å². The first kappa shape index (κ1) is 14.2. The fraction of sp³-hybridized carbons (Fsp3) is 0.429. The van der Waals surface area contributed by atoms with Crippen LogP contribution in [-0.4, -0.2) is 43.6 Å². The molecule has 0 bridgehead atoms. The Morgan fingerprint density at radius 3 is 2.75 bits per heavy atom. The van der Waals surface area contributed by atoms with E-state index in [0.29, 0.717) is 17.5 Å². The Morgan fingerprint density at radius 1 is 1.35 bits per heavy atom. The van der Waals surface area contributed by atoms with E-state index >= 15 is 0 Å². The Morgan fingerprint density at radius 2 is 2.10 bits per heavy atom. The number of rotatable bonds is 5. The number of urea groups is 1. The largest absolute Gasteiger partial charge is 0.484 e. The minimum Gasteiger partial charge on any atom is -0.484 e. The Hall–Kier alpha value is -2.24. The molecule has 1 aliphatic rings. The Labute approximate surface area is 118 Å². The average molecular weight is 277 g/mol. The van der Waals surface area contributed by atoms with E-state index in [2.05, 4.69) is 10.6 Å². The number of hydrogen-bond acceptors (Lipinski definition) is 3. The molecule has 1 saturated carbocycles. The van der Waals surface area contributed by atoms with E-state index in [1.165, 1.54) is 4.90 Å². The van der Waals surface area contributed by atoms with Crippen LogP contribution in [0.15, 0.2) is 24.3 Å². The van der Waals surface area contributed by atoms with Crippen molar-refractivity contribution in [2.24, 2.45) is 0 Å². The number of nitrogens with one attached hydrogen (secondary N) is 2. The lowest BCUT2D eigenvalue weighted by Crippen LogP contribution is -2.30. The highest BCUT2D eigenvalue weighted by Gasteiger charge is 2.23. The van der Waals surface area contributed by atoms with Gasteiger partial charge >= 0.3 is 6.03 Å². The first-order valence-electron chi connectivity index (χ1n) is 6.55. The first-order valence-corrected chi connectivity index (χ1v) is 6.55. The van der Waals surface area contributed by atoms with Gasteiger partial charge in [-0.3, -0.25) is 4.79 Å². The van der Waals surface area contributed by atoms with E-state index in [1.807, 2.05) is 0 Å². The van der Waals surface area contributed by atoms with Crippen molar-refractivity contribution < 1.29 is 14.3 Å². The molecule has 3 amide bonds.